The van der Waals surface area contributed by atoms with Gasteiger partial charge >= 0.3 is 0 Å². The lowest BCUT2D eigenvalue weighted by Crippen LogP contribution is -2.44. The average molecular weight is 293 g/mol. The van der Waals surface area contributed by atoms with Gasteiger partial charge in [0.25, 0.3) is 0 Å². The Balaban J connectivity index is 2.25. The van der Waals surface area contributed by atoms with E-state index in [-0.39, 0.29) is 0 Å². The first-order valence-electron chi connectivity index (χ1n) is 6.67. The van der Waals surface area contributed by atoms with E-state index in [2.05, 4.69) is 5.32 Å². The fourth-order valence-electron chi connectivity index (χ4n) is 2.53. The minimum atomic E-state index is -3.45. The van der Waals surface area contributed by atoms with Crippen molar-refractivity contribution in [2.75, 3.05) is 20.1 Å². The zero-order valence-corrected chi connectivity index (χ0v) is 12.6. The zero-order valence-electron chi connectivity index (χ0n) is 11.8. The minimum Gasteiger partial charge on any atom is -0.317 e. The van der Waals surface area contributed by atoms with E-state index < -0.39 is 10.0 Å². The van der Waals surface area contributed by atoms with Crippen LogP contribution in [0.1, 0.15) is 24.0 Å². The first-order chi connectivity index (χ1) is 9.48. The SMILES string of the molecule is CNC1CCN(S(=O)(=O)c2ccc(C#N)cc2C)CC1. The molecule has 0 spiro atoms. The van der Waals surface area contributed by atoms with E-state index in [4.69, 9.17) is 5.26 Å². The van der Waals surface area contributed by atoms with E-state index in [0.29, 0.717) is 35.2 Å². The van der Waals surface area contributed by atoms with Crippen LogP contribution < -0.4 is 5.32 Å². The molecule has 0 aliphatic carbocycles. The number of nitrogens with one attached hydrogen (secondary N) is 1. The van der Waals surface area contributed by atoms with Crippen molar-refractivity contribution in [1.82, 2.24) is 9.62 Å². The molecule has 20 heavy (non-hydrogen) atoms. The Kier molecular flexibility index (Phi) is 4.43. The fourth-order valence-corrected chi connectivity index (χ4v) is 4.21. The van der Waals surface area contributed by atoms with E-state index >= 15 is 0 Å². The maximum Gasteiger partial charge on any atom is 0.243 e. The Labute approximate surface area is 120 Å². The van der Waals surface area contributed by atoms with Crippen molar-refractivity contribution in [2.24, 2.45) is 0 Å². The van der Waals surface area contributed by atoms with Crippen LogP contribution in [0.4, 0.5) is 0 Å². The van der Waals surface area contributed by atoms with Crippen LogP contribution in [0.25, 0.3) is 0 Å². The highest BCUT2D eigenvalue weighted by molar-refractivity contribution is 7.89. The van der Waals surface area contributed by atoms with E-state index in [1.54, 1.807) is 19.1 Å². The Morgan fingerprint density at radius 2 is 2.00 bits per heavy atom. The topological polar surface area (TPSA) is 73.2 Å². The van der Waals surface area contributed by atoms with Gasteiger partial charge in [0, 0.05) is 19.1 Å². The monoisotopic (exact) mass is 293 g/mol. The number of sulfonamides is 1. The summed E-state index contributed by atoms with van der Waals surface area (Å²) in [6.45, 7) is 2.80. The predicted molar refractivity (Wildman–Crippen MR) is 76.7 cm³/mol. The van der Waals surface area contributed by atoms with Crippen LogP contribution in [0, 0.1) is 18.3 Å². The number of benzene rings is 1. The predicted octanol–water partition coefficient (Wildman–Crippen LogP) is 1.24. The van der Waals surface area contributed by atoms with Crippen LogP contribution in [0.15, 0.2) is 23.1 Å². The van der Waals surface area contributed by atoms with Gasteiger partial charge in [-0.25, -0.2) is 8.42 Å². The van der Waals surface area contributed by atoms with Crippen LogP contribution in [0.3, 0.4) is 0 Å². The summed E-state index contributed by atoms with van der Waals surface area (Å²) in [6.07, 6.45) is 1.65. The van der Waals surface area contributed by atoms with E-state index in [9.17, 15) is 8.42 Å². The third kappa shape index (κ3) is 2.85. The molecular weight excluding hydrogens is 274 g/mol. The molecular formula is C14H19N3O2S. The number of hydrogen-bond acceptors (Lipinski definition) is 4. The summed E-state index contributed by atoms with van der Waals surface area (Å²) < 4.78 is 26.8. The van der Waals surface area contributed by atoms with Gasteiger partial charge in [0.15, 0.2) is 0 Å². The number of piperidine rings is 1. The van der Waals surface area contributed by atoms with Crippen LogP contribution in [-0.2, 0) is 10.0 Å². The van der Waals surface area contributed by atoms with Gasteiger partial charge in [0.2, 0.25) is 10.0 Å². The summed E-state index contributed by atoms with van der Waals surface area (Å²) >= 11 is 0. The van der Waals surface area contributed by atoms with Gasteiger partial charge in [-0.3, -0.25) is 0 Å². The molecule has 2 rings (SSSR count). The molecule has 1 aromatic carbocycles. The molecule has 1 heterocycles. The smallest absolute Gasteiger partial charge is 0.243 e. The number of aryl methyl sites for hydroxylation is 1. The molecule has 1 fully saturated rings. The summed E-state index contributed by atoms with van der Waals surface area (Å²) in [5, 5.41) is 12.0. The summed E-state index contributed by atoms with van der Waals surface area (Å²) in [5.41, 5.74) is 1.11. The van der Waals surface area contributed by atoms with Gasteiger partial charge in [-0.2, -0.15) is 9.57 Å². The largest absolute Gasteiger partial charge is 0.317 e. The summed E-state index contributed by atoms with van der Waals surface area (Å²) in [7, 11) is -1.55. The number of hydrogen-bond donors (Lipinski definition) is 1. The van der Waals surface area contributed by atoms with Gasteiger partial charge in [0.05, 0.1) is 16.5 Å². The average Bonchev–Trinajstić information content (AvgIpc) is 2.46. The maximum atomic E-state index is 12.6. The summed E-state index contributed by atoms with van der Waals surface area (Å²) in [5.74, 6) is 0. The third-order valence-corrected chi connectivity index (χ3v) is 5.84. The maximum absolute atomic E-state index is 12.6. The molecule has 0 radical (unpaired) electrons. The first kappa shape index (κ1) is 15.0. The van der Waals surface area contributed by atoms with E-state index in [1.807, 2.05) is 13.1 Å². The molecule has 1 aromatic rings. The molecule has 1 aliphatic rings. The number of nitrogens with zero attached hydrogens (tertiary/aromatic N) is 2. The second-order valence-electron chi connectivity index (χ2n) is 5.06. The molecule has 1 saturated heterocycles. The van der Waals surface area contributed by atoms with Crippen LogP contribution >= 0.6 is 0 Å². The first-order valence-corrected chi connectivity index (χ1v) is 8.11. The van der Waals surface area contributed by atoms with Crippen molar-refractivity contribution < 1.29 is 8.42 Å². The molecule has 0 saturated carbocycles. The standard InChI is InChI=1S/C14H19N3O2S/c1-11-9-12(10-15)3-4-14(11)20(18,19)17-7-5-13(16-2)6-8-17/h3-4,9,13,16H,5-8H2,1-2H3. The van der Waals surface area contributed by atoms with Gasteiger partial charge in [0.1, 0.15) is 0 Å². The number of rotatable bonds is 3. The minimum absolute atomic E-state index is 0.305. The molecule has 0 aromatic heterocycles. The summed E-state index contributed by atoms with van der Waals surface area (Å²) in [4.78, 5) is 0.305. The Morgan fingerprint density at radius 3 is 2.50 bits per heavy atom. The molecule has 1 N–H and O–H groups in total. The number of nitriles is 1. The normalized spacial score (nSPS) is 17.9. The lowest BCUT2D eigenvalue weighted by atomic mass is 10.1. The van der Waals surface area contributed by atoms with Gasteiger partial charge < -0.3 is 5.32 Å². The second-order valence-corrected chi connectivity index (χ2v) is 6.97. The lowest BCUT2D eigenvalue weighted by Gasteiger charge is -2.31. The van der Waals surface area contributed by atoms with Crippen molar-refractivity contribution in [1.29, 1.82) is 5.26 Å². The highest BCUT2D eigenvalue weighted by Gasteiger charge is 2.29. The molecule has 108 valence electrons. The van der Waals surface area contributed by atoms with Gasteiger partial charge in [-0.05, 0) is 50.6 Å². The van der Waals surface area contributed by atoms with Crippen LogP contribution in [-0.4, -0.2) is 38.9 Å². The van der Waals surface area contributed by atoms with Crippen molar-refractivity contribution >= 4 is 10.0 Å². The van der Waals surface area contributed by atoms with E-state index in [1.165, 1.54) is 10.4 Å². The van der Waals surface area contributed by atoms with Gasteiger partial charge in [-0.15, -0.1) is 0 Å². The van der Waals surface area contributed by atoms with Crippen molar-refractivity contribution in [2.45, 2.75) is 30.7 Å². The molecule has 6 heteroatoms. The second kappa shape index (κ2) is 5.92. The Bertz CT molecular complexity index is 626. The molecule has 0 bridgehead atoms. The third-order valence-electron chi connectivity index (χ3n) is 3.78. The molecule has 0 unspecified atom stereocenters. The van der Waals surface area contributed by atoms with Crippen molar-refractivity contribution in [3.8, 4) is 6.07 Å². The van der Waals surface area contributed by atoms with Crippen LogP contribution in [0.5, 0.6) is 0 Å². The van der Waals surface area contributed by atoms with E-state index in [0.717, 1.165) is 12.8 Å². The zero-order chi connectivity index (χ0) is 14.8. The quantitative estimate of drug-likeness (QED) is 0.910. The Morgan fingerprint density at radius 1 is 1.35 bits per heavy atom. The highest BCUT2D eigenvalue weighted by Crippen LogP contribution is 2.24. The summed E-state index contributed by atoms with van der Waals surface area (Å²) in [6, 6.07) is 7.12. The molecule has 0 atom stereocenters. The molecule has 1 aliphatic heterocycles. The van der Waals surface area contributed by atoms with Crippen molar-refractivity contribution in [3.63, 3.8) is 0 Å². The van der Waals surface area contributed by atoms with Crippen molar-refractivity contribution in [3.05, 3.63) is 29.3 Å². The van der Waals surface area contributed by atoms with Gasteiger partial charge in [-0.1, -0.05) is 0 Å². The molecule has 5 nitrogen and oxygen atoms in total. The Hall–Kier alpha value is -1.42. The molecule has 0 amide bonds. The fraction of sp³-hybridized carbons (Fsp3) is 0.500. The lowest BCUT2D eigenvalue weighted by molar-refractivity contribution is 0.298. The van der Waals surface area contributed by atoms with Crippen LogP contribution in [0.2, 0.25) is 0 Å². The highest BCUT2D eigenvalue weighted by atomic mass is 32.2.